The number of nitriles is 1. The minimum atomic E-state index is -2.72. The number of carbonyl (C=O) groups is 1. The van der Waals surface area contributed by atoms with Crippen LogP contribution in [0.3, 0.4) is 0 Å². The molecule has 0 aromatic carbocycles. The third-order valence-electron chi connectivity index (χ3n) is 4.48. The molecule has 0 fully saturated rings. The van der Waals surface area contributed by atoms with E-state index in [1.807, 2.05) is 11.4 Å². The van der Waals surface area contributed by atoms with Crippen LogP contribution in [0.1, 0.15) is 20.0 Å². The highest BCUT2D eigenvalue weighted by Crippen LogP contribution is 2.35. The topological polar surface area (TPSA) is 129 Å². The van der Waals surface area contributed by atoms with Gasteiger partial charge < -0.3 is 20.7 Å². The quantitative estimate of drug-likeness (QED) is 0.422. The number of rotatable bonds is 6. The van der Waals surface area contributed by atoms with Gasteiger partial charge in [-0.05, 0) is 18.2 Å². The lowest BCUT2D eigenvalue weighted by molar-refractivity contribution is 0.0963. The van der Waals surface area contributed by atoms with E-state index in [0.29, 0.717) is 17.0 Å². The van der Waals surface area contributed by atoms with Crippen LogP contribution in [0.4, 0.5) is 27.4 Å². The Balaban J connectivity index is 1.78. The van der Waals surface area contributed by atoms with Crippen molar-refractivity contribution in [2.75, 3.05) is 24.7 Å². The highest BCUT2D eigenvalue weighted by Gasteiger charge is 2.18. The Morgan fingerprint density at radius 3 is 2.75 bits per heavy atom. The second-order valence-electron chi connectivity index (χ2n) is 6.41. The van der Waals surface area contributed by atoms with Crippen LogP contribution in [0, 0.1) is 17.1 Å². The predicted octanol–water partition coefficient (Wildman–Crippen LogP) is 2.99. The summed E-state index contributed by atoms with van der Waals surface area (Å²) in [5.41, 5.74) is 1.14. The van der Waals surface area contributed by atoms with E-state index < -0.39 is 18.7 Å². The number of nitrogens with zero attached hydrogens (tertiary/aromatic N) is 5. The minimum Gasteiger partial charge on any atom is -0.492 e. The molecule has 4 heterocycles. The average Bonchev–Trinajstić information content (AvgIpc) is 3.23. The van der Waals surface area contributed by atoms with Gasteiger partial charge in [0.15, 0.2) is 5.75 Å². The molecule has 0 saturated heterocycles. The second-order valence-corrected chi connectivity index (χ2v) is 6.41. The molecule has 0 unspecified atom stereocenters. The molecule has 4 aromatic heterocycles. The summed E-state index contributed by atoms with van der Waals surface area (Å²) in [5, 5.41) is 21.4. The largest absolute Gasteiger partial charge is 0.492 e. The number of nitrogens with one attached hydrogen (secondary N) is 3. The number of fused-ring (bicyclic) bond motifs is 1. The first kappa shape index (κ1) is 17.0. The van der Waals surface area contributed by atoms with Crippen LogP contribution in [-0.4, -0.2) is 39.6 Å². The van der Waals surface area contributed by atoms with Crippen molar-refractivity contribution in [3.8, 4) is 11.8 Å². The maximum Gasteiger partial charge on any atom is 0.254 e. The Bertz CT molecular complexity index is 1450. The number of hydrogen-bond acceptors (Lipinski definition) is 8. The van der Waals surface area contributed by atoms with Gasteiger partial charge in [0.1, 0.15) is 34.6 Å². The molecule has 32 heavy (non-hydrogen) atoms. The molecular weight excluding hydrogens is 415 g/mol. The number of pyridine rings is 3. The summed E-state index contributed by atoms with van der Waals surface area (Å²) >= 11 is 0. The van der Waals surface area contributed by atoms with Crippen LogP contribution in [0.25, 0.3) is 5.52 Å². The number of ether oxygens (including phenoxy) is 1. The van der Waals surface area contributed by atoms with Crippen molar-refractivity contribution in [1.29, 1.82) is 5.26 Å². The standard InChI is InChI=1S/C21H17FN8O2/c1-24-21(31)14-11-26-18(29-17-4-3-13(22)10-25-17)7-16(14)28-15-5-6-30-19(20(15)32-2)12(8-23)9-27-30/h3-7,9-11H,1-2H3,(H,24,31)(H2,25,26,28,29)/i1D3. The number of halogens is 1. The summed E-state index contributed by atoms with van der Waals surface area (Å²) in [5.74, 6) is -0.605. The third-order valence-corrected chi connectivity index (χ3v) is 4.48. The summed E-state index contributed by atoms with van der Waals surface area (Å²) in [4.78, 5) is 20.7. The Labute approximate surface area is 185 Å². The van der Waals surface area contributed by atoms with E-state index in [1.165, 1.54) is 42.2 Å². The lowest BCUT2D eigenvalue weighted by Crippen LogP contribution is -2.19. The molecule has 0 saturated carbocycles. The Morgan fingerprint density at radius 2 is 2.03 bits per heavy atom. The number of methoxy groups -OCH3 is 1. The Morgan fingerprint density at radius 1 is 1.19 bits per heavy atom. The zero-order valence-electron chi connectivity index (χ0n) is 19.5. The normalized spacial score (nSPS) is 12.2. The Kier molecular flexibility index (Phi) is 4.55. The van der Waals surface area contributed by atoms with Crippen LogP contribution >= 0.6 is 0 Å². The molecule has 1 amide bonds. The SMILES string of the molecule is [2H]C([2H])([2H])NC(=O)c1cnc(Nc2ccc(F)cn2)cc1Nc1ccn2ncc(C#N)c2c1OC. The van der Waals surface area contributed by atoms with Gasteiger partial charge in [-0.1, -0.05) is 0 Å². The smallest absolute Gasteiger partial charge is 0.254 e. The van der Waals surface area contributed by atoms with Gasteiger partial charge in [-0.15, -0.1) is 0 Å². The van der Waals surface area contributed by atoms with Gasteiger partial charge in [0.25, 0.3) is 5.91 Å². The maximum absolute atomic E-state index is 13.2. The van der Waals surface area contributed by atoms with E-state index in [0.717, 1.165) is 6.20 Å². The van der Waals surface area contributed by atoms with Crippen molar-refractivity contribution in [3.05, 3.63) is 66.0 Å². The van der Waals surface area contributed by atoms with Gasteiger partial charge in [-0.25, -0.2) is 18.9 Å². The van der Waals surface area contributed by atoms with Crippen molar-refractivity contribution in [1.82, 2.24) is 24.9 Å². The molecule has 3 N–H and O–H groups in total. The third kappa shape index (κ3) is 3.84. The maximum atomic E-state index is 13.2. The summed E-state index contributed by atoms with van der Waals surface area (Å²) in [6.07, 6.45) is 5.19. The van der Waals surface area contributed by atoms with Crippen molar-refractivity contribution in [2.45, 2.75) is 0 Å². The van der Waals surface area contributed by atoms with Crippen LogP contribution in [0.5, 0.6) is 5.75 Å². The van der Waals surface area contributed by atoms with Gasteiger partial charge in [0.05, 0.1) is 36.4 Å². The van der Waals surface area contributed by atoms with E-state index in [9.17, 15) is 14.4 Å². The fraction of sp³-hybridized carbons (Fsp3) is 0.0952. The molecule has 0 atom stereocenters. The summed E-state index contributed by atoms with van der Waals surface area (Å²) < 4.78 is 42.2. The van der Waals surface area contributed by atoms with Gasteiger partial charge >= 0.3 is 0 Å². The number of carbonyl (C=O) groups excluding carboxylic acids is 1. The zero-order valence-corrected chi connectivity index (χ0v) is 16.5. The first-order chi connectivity index (χ1) is 16.7. The molecule has 0 spiro atoms. The molecule has 0 bridgehead atoms. The van der Waals surface area contributed by atoms with Crippen LogP contribution in [-0.2, 0) is 0 Å². The van der Waals surface area contributed by atoms with Crippen molar-refractivity contribution in [2.24, 2.45) is 0 Å². The van der Waals surface area contributed by atoms with Crippen LogP contribution in [0.15, 0.2) is 49.1 Å². The van der Waals surface area contributed by atoms with Gasteiger partial charge in [0.2, 0.25) is 0 Å². The fourth-order valence-corrected chi connectivity index (χ4v) is 3.04. The molecule has 11 heteroatoms. The van der Waals surface area contributed by atoms with Gasteiger partial charge in [-0.2, -0.15) is 10.4 Å². The number of hydrogen-bond donors (Lipinski definition) is 3. The molecule has 0 aliphatic heterocycles. The lowest BCUT2D eigenvalue weighted by atomic mass is 10.2. The molecule has 4 aromatic rings. The summed E-state index contributed by atoms with van der Waals surface area (Å²) in [6.45, 7) is -2.72. The monoisotopic (exact) mass is 435 g/mol. The van der Waals surface area contributed by atoms with Crippen molar-refractivity contribution >= 4 is 34.4 Å². The molecule has 0 aliphatic rings. The van der Waals surface area contributed by atoms with Crippen LogP contribution in [0.2, 0.25) is 0 Å². The molecule has 0 aliphatic carbocycles. The summed E-state index contributed by atoms with van der Waals surface area (Å²) in [6, 6.07) is 7.72. The van der Waals surface area contributed by atoms with E-state index in [2.05, 4.69) is 25.7 Å². The van der Waals surface area contributed by atoms with E-state index in [4.69, 9.17) is 8.85 Å². The lowest BCUT2D eigenvalue weighted by Gasteiger charge is -2.16. The van der Waals surface area contributed by atoms with E-state index in [-0.39, 0.29) is 28.4 Å². The zero-order chi connectivity index (χ0) is 25.2. The number of amides is 1. The second kappa shape index (κ2) is 8.57. The van der Waals surface area contributed by atoms with Gasteiger partial charge in [-0.3, -0.25) is 4.79 Å². The highest BCUT2D eigenvalue weighted by molar-refractivity contribution is 6.00. The van der Waals surface area contributed by atoms with Gasteiger partial charge in [0, 0.05) is 29.5 Å². The molecule has 4 rings (SSSR count). The summed E-state index contributed by atoms with van der Waals surface area (Å²) in [7, 11) is 1.41. The Hall–Kier alpha value is -4.72. The molecular formula is C21H17FN8O2. The molecule has 160 valence electrons. The molecule has 10 nitrogen and oxygen atoms in total. The van der Waals surface area contributed by atoms with E-state index >= 15 is 0 Å². The first-order valence-electron chi connectivity index (χ1n) is 10.6. The highest BCUT2D eigenvalue weighted by atomic mass is 19.1. The number of aromatic nitrogens is 4. The van der Waals surface area contributed by atoms with Crippen molar-refractivity contribution in [3.63, 3.8) is 0 Å². The minimum absolute atomic E-state index is 0.0744. The van der Waals surface area contributed by atoms with E-state index in [1.54, 1.807) is 12.3 Å². The fourth-order valence-electron chi connectivity index (χ4n) is 3.04. The predicted molar refractivity (Wildman–Crippen MR) is 115 cm³/mol. The van der Waals surface area contributed by atoms with Crippen molar-refractivity contribution < 1.29 is 18.0 Å². The first-order valence-corrected chi connectivity index (χ1v) is 9.11. The molecule has 0 radical (unpaired) electrons. The van der Waals surface area contributed by atoms with Crippen LogP contribution < -0.4 is 20.7 Å². The number of anilines is 4. The average molecular weight is 435 g/mol.